The van der Waals surface area contributed by atoms with Crippen molar-refractivity contribution in [1.29, 1.82) is 0 Å². The van der Waals surface area contributed by atoms with Crippen LogP contribution >= 0.6 is 0 Å². The third-order valence-electron chi connectivity index (χ3n) is 8.44. The smallest absolute Gasteiger partial charge is 0.342 e. The Balaban J connectivity index is 1.25. The van der Waals surface area contributed by atoms with Crippen molar-refractivity contribution in [2.24, 2.45) is 0 Å². The molecule has 0 bridgehead atoms. The van der Waals surface area contributed by atoms with Crippen LogP contribution in [0.1, 0.15) is 11.1 Å². The third-order valence-corrected chi connectivity index (χ3v) is 12.9. The average Bonchev–Trinajstić information content (AvgIpc) is 3.08. The van der Waals surface area contributed by atoms with Gasteiger partial charge >= 0.3 is 6.03 Å². The van der Waals surface area contributed by atoms with Gasteiger partial charge in [0.2, 0.25) is 0 Å². The van der Waals surface area contributed by atoms with Crippen LogP contribution in [0.4, 0.5) is 27.5 Å². The first kappa shape index (κ1) is 39.7. The molecule has 8 N–H and O–H groups in total. The first-order chi connectivity index (χ1) is 26.0. The fourth-order valence-corrected chi connectivity index (χ4v) is 9.28. The molecule has 0 aliphatic rings. The summed E-state index contributed by atoms with van der Waals surface area (Å²) in [5.74, 6) is -0.865. The van der Waals surface area contributed by atoms with Gasteiger partial charge in [0.15, 0.2) is 0 Å². The van der Waals surface area contributed by atoms with Crippen LogP contribution in [0.15, 0.2) is 117 Å². The zero-order chi connectivity index (χ0) is 41.0. The van der Waals surface area contributed by atoms with E-state index in [-0.39, 0.29) is 44.3 Å². The third kappa shape index (κ3) is 8.17. The maximum atomic E-state index is 13.3. The van der Waals surface area contributed by atoms with E-state index in [1.807, 2.05) is 0 Å². The van der Waals surface area contributed by atoms with Gasteiger partial charge in [0, 0.05) is 45.7 Å². The van der Waals surface area contributed by atoms with Crippen LogP contribution < -0.4 is 20.1 Å². The fourth-order valence-electron chi connectivity index (χ4n) is 5.84. The highest BCUT2D eigenvalue weighted by molar-refractivity contribution is 7.91. The minimum Gasteiger partial charge on any atom is -0.508 e. The largest absolute Gasteiger partial charge is 0.508 e. The van der Waals surface area contributed by atoms with E-state index >= 15 is 0 Å². The molecular weight excluding hydrogens is 813 g/mol. The Hall–Kier alpha value is -5.97. The Morgan fingerprint density at radius 2 is 0.875 bits per heavy atom. The predicted molar refractivity (Wildman–Crippen MR) is 206 cm³/mol. The van der Waals surface area contributed by atoms with Gasteiger partial charge in [-0.15, -0.1) is 0 Å². The lowest BCUT2D eigenvalue weighted by atomic mass is 10.1. The van der Waals surface area contributed by atoms with Gasteiger partial charge in [-0.05, 0) is 84.3 Å². The molecule has 6 rings (SSSR count). The molecule has 0 aliphatic carbocycles. The molecule has 21 heteroatoms. The summed E-state index contributed by atoms with van der Waals surface area (Å²) in [5.41, 5.74) is 1.37. The normalized spacial score (nSPS) is 12.4. The van der Waals surface area contributed by atoms with Crippen LogP contribution in [0.2, 0.25) is 0 Å². The summed E-state index contributed by atoms with van der Waals surface area (Å²) in [7, 11) is -19.2. The number of carbonyl (C=O) groups is 1. The van der Waals surface area contributed by atoms with Crippen LogP contribution in [0.25, 0.3) is 21.5 Å². The summed E-state index contributed by atoms with van der Waals surface area (Å²) in [6.45, 7) is 3.19. The molecule has 0 aliphatic heterocycles. The van der Waals surface area contributed by atoms with Gasteiger partial charge in [-0.25, -0.2) is 31.1 Å². The minimum atomic E-state index is -4.83. The Labute approximate surface area is 320 Å². The average molecular weight is 843 g/mol. The highest BCUT2D eigenvalue weighted by atomic mass is 32.2. The number of aromatic hydroxyl groups is 2. The molecular formula is C35H30N4O13S4. The molecule has 0 unspecified atom stereocenters. The molecule has 0 spiro atoms. The van der Waals surface area contributed by atoms with Gasteiger partial charge in [0.25, 0.3) is 40.3 Å². The van der Waals surface area contributed by atoms with Gasteiger partial charge in [-0.3, -0.25) is 9.11 Å². The van der Waals surface area contributed by atoms with Crippen LogP contribution in [-0.2, 0) is 40.3 Å². The van der Waals surface area contributed by atoms with Crippen molar-refractivity contribution in [2.75, 3.05) is 10.6 Å². The number of urea groups is 1. The number of phenols is 2. The number of anilines is 4. The molecule has 0 saturated heterocycles. The predicted octanol–water partition coefficient (Wildman–Crippen LogP) is 5.38. The van der Waals surface area contributed by atoms with Crippen LogP contribution in [0, 0.1) is 13.8 Å². The van der Waals surface area contributed by atoms with Crippen molar-refractivity contribution in [2.45, 2.75) is 33.4 Å². The molecule has 0 saturated carbocycles. The van der Waals surface area contributed by atoms with Gasteiger partial charge < -0.3 is 20.8 Å². The summed E-state index contributed by atoms with van der Waals surface area (Å²) in [6.07, 6.45) is 0. The van der Waals surface area contributed by atoms with Crippen molar-refractivity contribution < 1.29 is 57.8 Å². The van der Waals surface area contributed by atoms with Gasteiger partial charge in [-0.2, -0.15) is 16.8 Å². The second-order valence-corrected chi connectivity index (χ2v) is 18.5. The van der Waals surface area contributed by atoms with E-state index in [0.717, 1.165) is 36.4 Å². The van der Waals surface area contributed by atoms with Crippen LogP contribution in [-0.4, -0.2) is 59.0 Å². The van der Waals surface area contributed by atoms with E-state index < -0.39 is 77.4 Å². The van der Waals surface area contributed by atoms with Gasteiger partial charge in [0.05, 0.1) is 9.79 Å². The van der Waals surface area contributed by atoms with Crippen molar-refractivity contribution >= 4 is 90.6 Å². The van der Waals surface area contributed by atoms with Gasteiger partial charge in [-0.1, -0.05) is 36.4 Å². The molecule has 0 aromatic heterocycles. The Morgan fingerprint density at radius 1 is 0.500 bits per heavy atom. The summed E-state index contributed by atoms with van der Waals surface area (Å²) < 4.78 is 125. The second kappa shape index (κ2) is 14.3. The number of aryl methyl sites for hydroxylation is 2. The number of hydrogen-bond donors (Lipinski definition) is 8. The Morgan fingerprint density at radius 3 is 1.23 bits per heavy atom. The highest BCUT2D eigenvalue weighted by Crippen LogP contribution is 2.37. The van der Waals surface area contributed by atoms with Crippen molar-refractivity contribution in [3.05, 3.63) is 108 Å². The van der Waals surface area contributed by atoms with Gasteiger partial charge in [0.1, 0.15) is 21.3 Å². The lowest BCUT2D eigenvalue weighted by molar-refractivity contribution is 0.250. The summed E-state index contributed by atoms with van der Waals surface area (Å²) in [4.78, 5) is 10.7. The topological polar surface area (TPSA) is 283 Å². The summed E-state index contributed by atoms with van der Waals surface area (Å²) in [6, 6.07) is 18.7. The number of benzene rings is 6. The maximum Gasteiger partial charge on any atom is 0.342 e. The monoisotopic (exact) mass is 842 g/mol. The van der Waals surface area contributed by atoms with Crippen LogP contribution in [0.3, 0.4) is 0 Å². The quantitative estimate of drug-likeness (QED) is 0.0804. The summed E-state index contributed by atoms with van der Waals surface area (Å²) in [5, 5.41) is 26.3. The van der Waals surface area contributed by atoms with Crippen molar-refractivity contribution in [3.63, 3.8) is 0 Å². The highest BCUT2D eigenvalue weighted by Gasteiger charge is 2.26. The van der Waals surface area contributed by atoms with E-state index in [1.165, 1.54) is 60.7 Å². The van der Waals surface area contributed by atoms with E-state index in [0.29, 0.717) is 11.1 Å². The number of nitrogens with one attached hydrogen (secondary N) is 4. The van der Waals surface area contributed by atoms with Crippen LogP contribution in [0.5, 0.6) is 11.5 Å². The minimum absolute atomic E-state index is 0.0158. The van der Waals surface area contributed by atoms with Crippen molar-refractivity contribution in [3.8, 4) is 11.5 Å². The summed E-state index contributed by atoms with van der Waals surface area (Å²) >= 11 is 0. The first-order valence-electron chi connectivity index (χ1n) is 15.8. The Kier molecular flexibility index (Phi) is 10.1. The fraction of sp³-hybridized carbons (Fsp3) is 0.0571. The molecule has 0 radical (unpaired) electrons. The molecule has 6 aromatic rings. The SMILES string of the molecule is Cc1ccc(S(=O)(=O)NC(=O)NS(=O)(=O)c2ccc(C)c(Nc3cccc4cc(O)cc(S(=O)(=O)O)c34)c2)cc1Nc1cccc2cc(O)cc(S(=O)(=O)O)c12. The number of fused-ring (bicyclic) bond motifs is 2. The number of phenolic OH excluding ortho intramolecular Hbond substituents is 2. The molecule has 0 heterocycles. The number of sulfonamides is 2. The zero-order valence-electron chi connectivity index (χ0n) is 28.8. The maximum absolute atomic E-state index is 13.3. The molecule has 0 atom stereocenters. The van der Waals surface area contributed by atoms with E-state index in [4.69, 9.17) is 0 Å². The molecule has 2 amide bonds. The van der Waals surface area contributed by atoms with E-state index in [2.05, 4.69) is 10.6 Å². The van der Waals surface area contributed by atoms with E-state index in [9.17, 15) is 57.8 Å². The number of carbonyl (C=O) groups excluding carboxylic acids is 1. The lowest BCUT2D eigenvalue weighted by Gasteiger charge is -2.16. The zero-order valence-corrected chi connectivity index (χ0v) is 32.1. The molecule has 292 valence electrons. The molecule has 17 nitrogen and oxygen atoms in total. The standard InChI is InChI=1S/C35H30N4O13S4/c1-19-9-11-25(17-29(19)36-27-7-3-5-21-13-23(40)15-31(33(21)27)55(47,48)49)53(43,44)38-35(42)39-54(45,46)26-12-10-20(2)30(18-26)37-28-8-4-6-22-14-24(41)16-32(34(22)28)56(50,51)52/h3-18,36-37,40-41H,1-2H3,(H2,38,39,42)(H,47,48,49)(H,50,51,52). The lowest BCUT2D eigenvalue weighted by Crippen LogP contribution is -2.42. The number of hydrogen-bond acceptors (Lipinski definition) is 13. The first-order valence-corrected chi connectivity index (χ1v) is 21.7. The number of amides is 2. The molecule has 0 fully saturated rings. The number of rotatable bonds is 10. The van der Waals surface area contributed by atoms with Crippen molar-refractivity contribution in [1.82, 2.24) is 9.44 Å². The second-order valence-electron chi connectivity index (χ2n) is 12.4. The molecule has 56 heavy (non-hydrogen) atoms. The molecule has 6 aromatic carbocycles. The van der Waals surface area contributed by atoms with E-state index in [1.54, 1.807) is 23.3 Å². The Bertz CT molecular complexity index is 2880.